The van der Waals surface area contributed by atoms with Crippen LogP contribution in [0.1, 0.15) is 22.3 Å². The quantitative estimate of drug-likeness (QED) is 0.861. The Morgan fingerprint density at radius 1 is 1.47 bits per heavy atom. The van der Waals surface area contributed by atoms with Crippen molar-refractivity contribution < 1.29 is 14.6 Å². The van der Waals surface area contributed by atoms with Gasteiger partial charge in [-0.1, -0.05) is 12.1 Å². The molecular weight excluding hydrogens is 218 g/mol. The number of rotatable bonds is 4. The van der Waals surface area contributed by atoms with Gasteiger partial charge in [0.15, 0.2) is 0 Å². The van der Waals surface area contributed by atoms with Crippen molar-refractivity contribution in [3.05, 3.63) is 35.4 Å². The molecule has 1 N–H and O–H groups in total. The number of carboxylic acids is 1. The van der Waals surface area contributed by atoms with Gasteiger partial charge >= 0.3 is 5.97 Å². The summed E-state index contributed by atoms with van der Waals surface area (Å²) in [6.45, 7) is 2.86. The number of hydrogen-bond acceptors (Lipinski definition) is 3. The second-order valence-electron chi connectivity index (χ2n) is 4.38. The molecule has 0 amide bonds. The van der Waals surface area contributed by atoms with Crippen LogP contribution in [0.3, 0.4) is 0 Å². The van der Waals surface area contributed by atoms with E-state index < -0.39 is 5.97 Å². The number of likely N-dealkylation sites (tertiary alicyclic amines) is 1. The Hall–Kier alpha value is -1.39. The Morgan fingerprint density at radius 3 is 2.71 bits per heavy atom. The lowest BCUT2D eigenvalue weighted by Crippen LogP contribution is -2.22. The molecule has 1 unspecified atom stereocenters. The van der Waals surface area contributed by atoms with Crippen molar-refractivity contribution in [1.82, 2.24) is 4.90 Å². The number of nitrogens with zero attached hydrogens (tertiary/aromatic N) is 1. The zero-order chi connectivity index (χ0) is 12.3. The van der Waals surface area contributed by atoms with Crippen LogP contribution in [0.2, 0.25) is 0 Å². The fraction of sp³-hybridized carbons (Fsp3) is 0.462. The van der Waals surface area contributed by atoms with Crippen molar-refractivity contribution in [2.45, 2.75) is 19.1 Å². The molecule has 1 saturated heterocycles. The lowest BCUT2D eigenvalue weighted by Gasteiger charge is -2.15. The first-order valence-electron chi connectivity index (χ1n) is 5.76. The summed E-state index contributed by atoms with van der Waals surface area (Å²) < 4.78 is 5.31. The van der Waals surface area contributed by atoms with Crippen LogP contribution in [0.5, 0.6) is 0 Å². The number of aromatic carboxylic acids is 1. The van der Waals surface area contributed by atoms with Crippen LogP contribution in [0, 0.1) is 0 Å². The second kappa shape index (κ2) is 5.29. The molecule has 1 fully saturated rings. The third kappa shape index (κ3) is 3.05. The van der Waals surface area contributed by atoms with Crippen LogP contribution in [-0.2, 0) is 11.3 Å². The predicted molar refractivity (Wildman–Crippen MR) is 64.1 cm³/mol. The maximum Gasteiger partial charge on any atom is 0.335 e. The maximum absolute atomic E-state index is 10.7. The molecule has 2 rings (SSSR count). The van der Waals surface area contributed by atoms with E-state index in [1.165, 1.54) is 0 Å². The maximum atomic E-state index is 10.7. The first-order chi connectivity index (χ1) is 8.19. The molecule has 1 atom stereocenters. The van der Waals surface area contributed by atoms with Crippen molar-refractivity contribution in [2.24, 2.45) is 0 Å². The highest BCUT2D eigenvalue weighted by Crippen LogP contribution is 2.15. The molecule has 1 aromatic carbocycles. The van der Waals surface area contributed by atoms with E-state index in [2.05, 4.69) is 4.90 Å². The van der Waals surface area contributed by atoms with Gasteiger partial charge in [0.2, 0.25) is 0 Å². The number of benzene rings is 1. The van der Waals surface area contributed by atoms with Gasteiger partial charge in [-0.05, 0) is 24.1 Å². The van der Waals surface area contributed by atoms with Crippen LogP contribution in [0.4, 0.5) is 0 Å². The van der Waals surface area contributed by atoms with Crippen LogP contribution in [-0.4, -0.2) is 42.3 Å². The molecule has 0 aliphatic carbocycles. The second-order valence-corrected chi connectivity index (χ2v) is 4.38. The largest absolute Gasteiger partial charge is 0.478 e. The highest BCUT2D eigenvalue weighted by atomic mass is 16.5. The van der Waals surface area contributed by atoms with Gasteiger partial charge < -0.3 is 9.84 Å². The highest BCUT2D eigenvalue weighted by molar-refractivity contribution is 5.87. The minimum atomic E-state index is -0.878. The van der Waals surface area contributed by atoms with Crippen molar-refractivity contribution in [3.63, 3.8) is 0 Å². The molecule has 1 aromatic rings. The van der Waals surface area contributed by atoms with E-state index in [1.807, 2.05) is 12.1 Å². The molecule has 1 aliphatic rings. The molecule has 0 radical (unpaired) electrons. The topological polar surface area (TPSA) is 49.8 Å². The zero-order valence-corrected chi connectivity index (χ0v) is 9.93. The molecule has 4 nitrogen and oxygen atoms in total. The van der Waals surface area contributed by atoms with E-state index in [1.54, 1.807) is 19.2 Å². The minimum Gasteiger partial charge on any atom is -0.478 e. The van der Waals surface area contributed by atoms with Crippen molar-refractivity contribution in [1.29, 1.82) is 0 Å². The standard InChI is InChI=1S/C13H17NO3/c1-17-12-6-7-14(9-12)8-10-2-4-11(5-3-10)13(15)16/h2-5,12H,6-9H2,1H3,(H,15,16). The third-order valence-electron chi connectivity index (χ3n) is 3.17. The highest BCUT2D eigenvalue weighted by Gasteiger charge is 2.21. The molecule has 1 aliphatic heterocycles. The molecule has 92 valence electrons. The Kier molecular flexibility index (Phi) is 3.76. The van der Waals surface area contributed by atoms with Gasteiger partial charge in [-0.25, -0.2) is 4.79 Å². The summed E-state index contributed by atoms with van der Waals surface area (Å²) in [4.78, 5) is 13.0. The molecule has 1 heterocycles. The average Bonchev–Trinajstić information content (AvgIpc) is 2.77. The van der Waals surface area contributed by atoms with Crippen molar-refractivity contribution >= 4 is 5.97 Å². The fourth-order valence-corrected chi connectivity index (χ4v) is 2.14. The van der Waals surface area contributed by atoms with Gasteiger partial charge in [0, 0.05) is 26.7 Å². The summed E-state index contributed by atoms with van der Waals surface area (Å²) in [5.74, 6) is -0.878. The minimum absolute atomic E-state index is 0.338. The van der Waals surface area contributed by atoms with Gasteiger partial charge in [0.1, 0.15) is 0 Å². The van der Waals surface area contributed by atoms with Crippen LogP contribution in [0.25, 0.3) is 0 Å². The summed E-state index contributed by atoms with van der Waals surface area (Å²) in [5, 5.41) is 8.80. The lowest BCUT2D eigenvalue weighted by atomic mass is 10.1. The van der Waals surface area contributed by atoms with Gasteiger partial charge in [-0.15, -0.1) is 0 Å². The fourth-order valence-electron chi connectivity index (χ4n) is 2.14. The van der Waals surface area contributed by atoms with E-state index in [-0.39, 0.29) is 0 Å². The Balaban J connectivity index is 1.93. The first-order valence-corrected chi connectivity index (χ1v) is 5.76. The summed E-state index contributed by atoms with van der Waals surface area (Å²) in [6.07, 6.45) is 1.41. The van der Waals surface area contributed by atoms with E-state index in [4.69, 9.17) is 9.84 Å². The van der Waals surface area contributed by atoms with E-state index in [0.29, 0.717) is 11.7 Å². The number of hydrogen-bond donors (Lipinski definition) is 1. The van der Waals surface area contributed by atoms with Gasteiger partial charge in [0.05, 0.1) is 11.7 Å². The summed E-state index contributed by atoms with van der Waals surface area (Å²) in [5.41, 5.74) is 1.48. The molecule has 0 saturated carbocycles. The Bertz CT molecular complexity index is 388. The van der Waals surface area contributed by atoms with Gasteiger partial charge in [0.25, 0.3) is 0 Å². The average molecular weight is 235 g/mol. The summed E-state index contributed by atoms with van der Waals surface area (Å²) in [6, 6.07) is 7.07. The van der Waals surface area contributed by atoms with Crippen LogP contribution in [0.15, 0.2) is 24.3 Å². The molecule has 0 bridgehead atoms. The number of carbonyl (C=O) groups is 1. The van der Waals surface area contributed by atoms with Crippen molar-refractivity contribution in [3.8, 4) is 0 Å². The zero-order valence-electron chi connectivity index (χ0n) is 9.93. The lowest BCUT2D eigenvalue weighted by molar-refractivity contribution is 0.0697. The normalized spacial score (nSPS) is 20.6. The smallest absolute Gasteiger partial charge is 0.335 e. The number of methoxy groups -OCH3 is 1. The molecular formula is C13H17NO3. The van der Waals surface area contributed by atoms with Gasteiger partial charge in [-0.3, -0.25) is 4.90 Å². The first kappa shape index (κ1) is 12.1. The molecule has 17 heavy (non-hydrogen) atoms. The summed E-state index contributed by atoms with van der Waals surface area (Å²) in [7, 11) is 1.75. The van der Waals surface area contributed by atoms with Crippen LogP contribution >= 0.6 is 0 Å². The van der Waals surface area contributed by atoms with E-state index in [9.17, 15) is 4.79 Å². The van der Waals surface area contributed by atoms with E-state index in [0.717, 1.165) is 31.6 Å². The Labute approximate surface area is 101 Å². The van der Waals surface area contributed by atoms with Gasteiger partial charge in [-0.2, -0.15) is 0 Å². The number of carboxylic acid groups (broad SMARTS) is 1. The van der Waals surface area contributed by atoms with E-state index >= 15 is 0 Å². The number of ether oxygens (including phenoxy) is 1. The molecule has 0 aromatic heterocycles. The molecule has 0 spiro atoms. The monoisotopic (exact) mass is 235 g/mol. The van der Waals surface area contributed by atoms with Crippen molar-refractivity contribution in [2.75, 3.05) is 20.2 Å². The third-order valence-corrected chi connectivity index (χ3v) is 3.17. The Morgan fingerprint density at radius 2 is 2.18 bits per heavy atom. The summed E-state index contributed by atoms with van der Waals surface area (Å²) >= 11 is 0. The van der Waals surface area contributed by atoms with Crippen LogP contribution < -0.4 is 0 Å². The predicted octanol–water partition coefficient (Wildman–Crippen LogP) is 1.61. The molecule has 4 heteroatoms. The SMILES string of the molecule is COC1CCN(Cc2ccc(C(=O)O)cc2)C1.